The van der Waals surface area contributed by atoms with E-state index in [0.717, 1.165) is 27.3 Å². The molecule has 1 unspecified atom stereocenters. The van der Waals surface area contributed by atoms with E-state index < -0.39 is 0 Å². The summed E-state index contributed by atoms with van der Waals surface area (Å²) in [6.07, 6.45) is 0. The summed E-state index contributed by atoms with van der Waals surface area (Å²) in [5.41, 5.74) is 3.68. The van der Waals surface area contributed by atoms with E-state index in [4.69, 9.17) is 0 Å². The highest BCUT2D eigenvalue weighted by Gasteiger charge is 2.22. The number of rotatable bonds is 7. The number of likely N-dealkylation sites (N-methyl/N-ethyl adjacent to an activating group) is 1. The summed E-state index contributed by atoms with van der Waals surface area (Å²) in [5, 5.41) is 5.54. The molecule has 27 heavy (non-hydrogen) atoms. The first-order valence-electron chi connectivity index (χ1n) is 8.98. The summed E-state index contributed by atoms with van der Waals surface area (Å²) < 4.78 is 13.0. The Morgan fingerprint density at radius 2 is 1.67 bits per heavy atom. The van der Waals surface area contributed by atoms with Crippen molar-refractivity contribution >= 4 is 17.5 Å². The third kappa shape index (κ3) is 5.89. The first-order valence-corrected chi connectivity index (χ1v) is 8.98. The quantitative estimate of drug-likeness (QED) is 0.691. The molecule has 2 atom stereocenters. The SMILES string of the molecule is Cc1cccc(C)c1NC(=O)CNC(=O)[C@@H](C)[NH+](C)Cc1ccc(F)cc1. The lowest BCUT2D eigenvalue weighted by Gasteiger charge is -2.21. The van der Waals surface area contributed by atoms with Crippen LogP contribution in [0.1, 0.15) is 23.6 Å². The van der Waals surface area contributed by atoms with Crippen molar-refractivity contribution < 1.29 is 18.9 Å². The molecule has 0 bridgehead atoms. The van der Waals surface area contributed by atoms with Gasteiger partial charge in [0.15, 0.2) is 6.04 Å². The van der Waals surface area contributed by atoms with Gasteiger partial charge in [0.05, 0.1) is 13.6 Å². The summed E-state index contributed by atoms with van der Waals surface area (Å²) in [4.78, 5) is 25.5. The number of hydrogen-bond donors (Lipinski definition) is 3. The molecule has 2 rings (SSSR count). The first-order chi connectivity index (χ1) is 12.8. The van der Waals surface area contributed by atoms with Gasteiger partial charge in [-0.05, 0) is 44.0 Å². The summed E-state index contributed by atoms with van der Waals surface area (Å²) in [5.74, 6) is -0.743. The van der Waals surface area contributed by atoms with Gasteiger partial charge in [0, 0.05) is 11.3 Å². The van der Waals surface area contributed by atoms with E-state index in [9.17, 15) is 14.0 Å². The summed E-state index contributed by atoms with van der Waals surface area (Å²) in [6, 6.07) is 11.7. The van der Waals surface area contributed by atoms with Crippen LogP contribution in [0, 0.1) is 19.7 Å². The predicted molar refractivity (Wildman–Crippen MR) is 104 cm³/mol. The summed E-state index contributed by atoms with van der Waals surface area (Å²) in [6.45, 7) is 6.16. The highest BCUT2D eigenvalue weighted by Crippen LogP contribution is 2.18. The molecule has 0 aliphatic heterocycles. The number of nitrogens with one attached hydrogen (secondary N) is 3. The van der Waals surface area contributed by atoms with Gasteiger partial charge in [-0.2, -0.15) is 0 Å². The number of para-hydroxylation sites is 1. The Hall–Kier alpha value is -2.73. The van der Waals surface area contributed by atoms with Crippen molar-refractivity contribution in [2.24, 2.45) is 0 Å². The lowest BCUT2D eigenvalue weighted by molar-refractivity contribution is -0.908. The van der Waals surface area contributed by atoms with Crippen LogP contribution in [0.3, 0.4) is 0 Å². The van der Waals surface area contributed by atoms with Crippen LogP contribution in [0.4, 0.5) is 10.1 Å². The third-order valence-electron chi connectivity index (χ3n) is 4.70. The van der Waals surface area contributed by atoms with Gasteiger partial charge >= 0.3 is 0 Å². The zero-order valence-electron chi connectivity index (χ0n) is 16.2. The molecule has 0 aliphatic rings. The summed E-state index contributed by atoms with van der Waals surface area (Å²) in [7, 11) is 1.89. The maximum Gasteiger partial charge on any atom is 0.278 e. The molecule has 2 aromatic rings. The second-order valence-corrected chi connectivity index (χ2v) is 6.90. The Morgan fingerprint density at radius 1 is 1.07 bits per heavy atom. The van der Waals surface area contributed by atoms with E-state index in [1.54, 1.807) is 19.1 Å². The monoisotopic (exact) mass is 372 g/mol. The second-order valence-electron chi connectivity index (χ2n) is 6.90. The Kier molecular flexibility index (Phi) is 7.07. The molecule has 0 spiro atoms. The van der Waals surface area contributed by atoms with Crippen LogP contribution >= 0.6 is 0 Å². The van der Waals surface area contributed by atoms with Gasteiger partial charge < -0.3 is 15.5 Å². The molecule has 2 aromatic carbocycles. The molecule has 6 heteroatoms. The molecule has 0 saturated carbocycles. The highest BCUT2D eigenvalue weighted by molar-refractivity contribution is 5.96. The van der Waals surface area contributed by atoms with Crippen molar-refractivity contribution in [3.63, 3.8) is 0 Å². The van der Waals surface area contributed by atoms with Gasteiger partial charge in [0.1, 0.15) is 12.4 Å². The maximum atomic E-state index is 13.0. The number of aryl methyl sites for hydroxylation is 2. The number of anilines is 1. The normalized spacial score (nSPS) is 12.9. The minimum atomic E-state index is -0.344. The minimum Gasteiger partial charge on any atom is -0.342 e. The number of carbonyl (C=O) groups is 2. The van der Waals surface area contributed by atoms with Crippen LogP contribution in [-0.2, 0) is 16.1 Å². The first kappa shape index (κ1) is 20.6. The van der Waals surface area contributed by atoms with Crippen LogP contribution in [-0.4, -0.2) is 31.4 Å². The van der Waals surface area contributed by atoms with Crippen molar-refractivity contribution in [3.8, 4) is 0 Å². The second kappa shape index (κ2) is 9.28. The number of carbonyl (C=O) groups excluding carboxylic acids is 2. The molecular formula is C21H27FN3O2+. The van der Waals surface area contributed by atoms with Crippen molar-refractivity contribution in [2.75, 3.05) is 18.9 Å². The van der Waals surface area contributed by atoms with Gasteiger partial charge in [0.25, 0.3) is 5.91 Å². The van der Waals surface area contributed by atoms with Crippen molar-refractivity contribution in [1.82, 2.24) is 5.32 Å². The number of quaternary nitrogens is 1. The molecule has 0 saturated heterocycles. The van der Waals surface area contributed by atoms with Crippen molar-refractivity contribution in [1.29, 1.82) is 0 Å². The zero-order chi connectivity index (χ0) is 20.0. The average molecular weight is 372 g/mol. The van der Waals surface area contributed by atoms with Crippen LogP contribution < -0.4 is 15.5 Å². The van der Waals surface area contributed by atoms with Crippen LogP contribution in [0.25, 0.3) is 0 Å². The molecular weight excluding hydrogens is 345 g/mol. The fourth-order valence-corrected chi connectivity index (χ4v) is 2.82. The largest absolute Gasteiger partial charge is 0.342 e. The molecule has 2 amide bonds. The Labute approximate surface area is 159 Å². The van der Waals surface area contributed by atoms with E-state index in [1.165, 1.54) is 12.1 Å². The zero-order valence-corrected chi connectivity index (χ0v) is 16.2. The van der Waals surface area contributed by atoms with Gasteiger partial charge in [0.2, 0.25) is 5.91 Å². The molecule has 0 aromatic heterocycles. The molecule has 0 heterocycles. The standard InChI is InChI=1S/C21H26FN3O2/c1-14-6-5-7-15(2)20(14)24-19(26)12-23-21(27)16(3)25(4)13-17-8-10-18(22)11-9-17/h5-11,16H,12-13H2,1-4H3,(H,23,27)(H,24,26)/p+1/t16-/m1/s1. The molecule has 5 nitrogen and oxygen atoms in total. The number of amides is 2. The van der Waals surface area contributed by atoms with E-state index in [-0.39, 0.29) is 30.2 Å². The van der Waals surface area contributed by atoms with Gasteiger partial charge in [-0.3, -0.25) is 9.59 Å². The average Bonchev–Trinajstić information content (AvgIpc) is 2.64. The minimum absolute atomic E-state index is 0.0826. The molecule has 3 N–H and O–H groups in total. The van der Waals surface area contributed by atoms with Crippen LogP contribution in [0.5, 0.6) is 0 Å². The van der Waals surface area contributed by atoms with Crippen molar-refractivity contribution in [2.45, 2.75) is 33.4 Å². The van der Waals surface area contributed by atoms with E-state index in [1.807, 2.05) is 39.1 Å². The van der Waals surface area contributed by atoms with Crippen LogP contribution in [0.2, 0.25) is 0 Å². The van der Waals surface area contributed by atoms with Gasteiger partial charge in [-0.1, -0.05) is 30.3 Å². The molecule has 0 radical (unpaired) electrons. The molecule has 0 aliphatic carbocycles. The number of halogens is 1. The summed E-state index contributed by atoms with van der Waals surface area (Å²) >= 11 is 0. The molecule has 0 fully saturated rings. The number of hydrogen-bond acceptors (Lipinski definition) is 2. The van der Waals surface area contributed by atoms with E-state index >= 15 is 0 Å². The predicted octanol–water partition coefficient (Wildman–Crippen LogP) is 1.60. The topological polar surface area (TPSA) is 62.6 Å². The third-order valence-corrected chi connectivity index (χ3v) is 4.70. The van der Waals surface area contributed by atoms with Crippen LogP contribution in [0.15, 0.2) is 42.5 Å². The van der Waals surface area contributed by atoms with Gasteiger partial charge in [-0.15, -0.1) is 0 Å². The Morgan fingerprint density at radius 3 is 2.26 bits per heavy atom. The van der Waals surface area contributed by atoms with Crippen molar-refractivity contribution in [3.05, 3.63) is 65.0 Å². The highest BCUT2D eigenvalue weighted by atomic mass is 19.1. The van der Waals surface area contributed by atoms with E-state index in [0.29, 0.717) is 6.54 Å². The smallest absolute Gasteiger partial charge is 0.278 e. The number of benzene rings is 2. The Balaban J connectivity index is 1.84. The maximum absolute atomic E-state index is 13.0. The lowest BCUT2D eigenvalue weighted by Crippen LogP contribution is -3.12. The fraction of sp³-hybridized carbons (Fsp3) is 0.333. The fourth-order valence-electron chi connectivity index (χ4n) is 2.82. The Bertz CT molecular complexity index is 785. The molecule has 144 valence electrons. The lowest BCUT2D eigenvalue weighted by atomic mass is 10.1. The van der Waals surface area contributed by atoms with Gasteiger partial charge in [-0.25, -0.2) is 4.39 Å². The van der Waals surface area contributed by atoms with E-state index in [2.05, 4.69) is 10.6 Å².